The average Bonchev–Trinajstić information content (AvgIpc) is 2.46. The zero-order valence-corrected chi connectivity index (χ0v) is 11.0. The molecule has 0 bridgehead atoms. The molecular formula is C18H20. The van der Waals surface area contributed by atoms with Crippen molar-refractivity contribution in [3.63, 3.8) is 0 Å². The van der Waals surface area contributed by atoms with E-state index in [9.17, 15) is 0 Å². The van der Waals surface area contributed by atoms with E-state index < -0.39 is 0 Å². The van der Waals surface area contributed by atoms with Gasteiger partial charge in [0.05, 0.1) is 0 Å². The highest BCUT2D eigenvalue weighted by atomic mass is 14.3. The first-order valence-electron chi connectivity index (χ1n) is 7.05. The average molecular weight is 236 g/mol. The Hall–Kier alpha value is -1.56. The molecule has 1 atom stereocenters. The molecule has 0 N–H and O–H groups in total. The van der Waals surface area contributed by atoms with E-state index in [1.54, 1.807) is 16.7 Å². The van der Waals surface area contributed by atoms with Crippen molar-refractivity contribution >= 4 is 0 Å². The molecular weight excluding hydrogens is 216 g/mol. The van der Waals surface area contributed by atoms with Crippen molar-refractivity contribution in [3.05, 3.63) is 70.8 Å². The van der Waals surface area contributed by atoms with Crippen LogP contribution in [0, 0.1) is 0 Å². The minimum absolute atomic E-state index is 0.617. The molecule has 0 saturated heterocycles. The molecule has 2 aromatic carbocycles. The third-order valence-corrected chi connectivity index (χ3v) is 4.18. The van der Waals surface area contributed by atoms with Crippen molar-refractivity contribution < 1.29 is 0 Å². The lowest BCUT2D eigenvalue weighted by Gasteiger charge is -2.27. The van der Waals surface area contributed by atoms with Gasteiger partial charge in [-0.15, -0.1) is 0 Å². The first kappa shape index (κ1) is 11.5. The molecule has 1 aliphatic rings. The monoisotopic (exact) mass is 236 g/mol. The van der Waals surface area contributed by atoms with Crippen LogP contribution in [0.15, 0.2) is 48.5 Å². The Morgan fingerprint density at radius 3 is 2.50 bits per heavy atom. The van der Waals surface area contributed by atoms with Crippen LogP contribution in [0.3, 0.4) is 0 Å². The van der Waals surface area contributed by atoms with Gasteiger partial charge in [-0.1, -0.05) is 55.5 Å². The van der Waals surface area contributed by atoms with Crippen molar-refractivity contribution in [3.8, 4) is 0 Å². The maximum atomic E-state index is 2.33. The van der Waals surface area contributed by atoms with Crippen molar-refractivity contribution in [1.29, 1.82) is 0 Å². The van der Waals surface area contributed by atoms with Gasteiger partial charge >= 0.3 is 0 Å². The largest absolute Gasteiger partial charge is 0.0620 e. The fraction of sp³-hybridized carbons (Fsp3) is 0.333. The summed E-state index contributed by atoms with van der Waals surface area (Å²) >= 11 is 0. The molecule has 0 saturated carbocycles. The van der Waals surface area contributed by atoms with Crippen LogP contribution in [-0.2, 0) is 12.8 Å². The smallest absolute Gasteiger partial charge is 0.00949 e. The third kappa shape index (κ3) is 1.96. The molecule has 0 fully saturated rings. The lowest BCUT2D eigenvalue weighted by atomic mass is 9.77. The maximum Gasteiger partial charge on any atom is 0.00949 e. The topological polar surface area (TPSA) is 0 Å². The predicted molar refractivity (Wildman–Crippen MR) is 77.0 cm³/mol. The van der Waals surface area contributed by atoms with Crippen LogP contribution in [0.1, 0.15) is 47.9 Å². The first-order chi connectivity index (χ1) is 8.90. The molecule has 0 radical (unpaired) electrons. The molecule has 3 rings (SSSR count). The number of rotatable bonds is 2. The van der Waals surface area contributed by atoms with Crippen molar-refractivity contribution in [2.75, 3.05) is 0 Å². The summed E-state index contributed by atoms with van der Waals surface area (Å²) in [6, 6.07) is 17.9. The van der Waals surface area contributed by atoms with Crippen molar-refractivity contribution in [2.24, 2.45) is 0 Å². The zero-order valence-electron chi connectivity index (χ0n) is 11.0. The minimum Gasteiger partial charge on any atom is -0.0620 e. The van der Waals surface area contributed by atoms with Gasteiger partial charge in [0.15, 0.2) is 0 Å². The summed E-state index contributed by atoms with van der Waals surface area (Å²) in [7, 11) is 0. The van der Waals surface area contributed by atoms with E-state index in [0.29, 0.717) is 5.92 Å². The molecule has 1 unspecified atom stereocenters. The predicted octanol–water partition coefficient (Wildman–Crippen LogP) is 4.72. The second kappa shape index (κ2) is 4.97. The molecule has 18 heavy (non-hydrogen) atoms. The standard InChI is InChI=1S/C18H20/c1-2-14-8-3-5-11-16(14)18-13-7-10-15-9-4-6-12-17(15)18/h3-6,8-9,11-12,18H,2,7,10,13H2,1H3. The van der Waals surface area contributed by atoms with Gasteiger partial charge in [-0.05, 0) is 47.9 Å². The summed E-state index contributed by atoms with van der Waals surface area (Å²) in [6.07, 6.45) is 5.00. The number of hydrogen-bond donors (Lipinski definition) is 0. The summed E-state index contributed by atoms with van der Waals surface area (Å²) in [5.41, 5.74) is 6.18. The van der Waals surface area contributed by atoms with Gasteiger partial charge in [0.1, 0.15) is 0 Å². The van der Waals surface area contributed by atoms with Gasteiger partial charge < -0.3 is 0 Å². The van der Waals surface area contributed by atoms with E-state index in [2.05, 4.69) is 55.5 Å². The van der Waals surface area contributed by atoms with Gasteiger partial charge in [0.25, 0.3) is 0 Å². The Morgan fingerprint density at radius 2 is 1.67 bits per heavy atom. The number of hydrogen-bond acceptors (Lipinski definition) is 0. The fourth-order valence-corrected chi connectivity index (χ4v) is 3.27. The Morgan fingerprint density at radius 1 is 0.944 bits per heavy atom. The zero-order chi connectivity index (χ0) is 12.4. The van der Waals surface area contributed by atoms with E-state index >= 15 is 0 Å². The molecule has 0 aliphatic heterocycles. The first-order valence-corrected chi connectivity index (χ1v) is 7.05. The molecule has 0 aromatic heterocycles. The van der Waals surface area contributed by atoms with Crippen LogP contribution >= 0.6 is 0 Å². The minimum atomic E-state index is 0.617. The quantitative estimate of drug-likeness (QED) is 0.708. The van der Waals surface area contributed by atoms with Gasteiger partial charge in [-0.2, -0.15) is 0 Å². The Balaban J connectivity index is 2.08. The Kier molecular flexibility index (Phi) is 3.19. The van der Waals surface area contributed by atoms with E-state index in [1.165, 1.54) is 24.8 Å². The van der Waals surface area contributed by atoms with E-state index in [4.69, 9.17) is 0 Å². The highest BCUT2D eigenvalue weighted by Gasteiger charge is 2.22. The Bertz CT molecular complexity index is 539. The van der Waals surface area contributed by atoms with Crippen LogP contribution in [-0.4, -0.2) is 0 Å². The Labute approximate surface area is 110 Å². The highest BCUT2D eigenvalue weighted by Crippen LogP contribution is 2.37. The molecule has 0 spiro atoms. The number of aryl methyl sites for hydroxylation is 2. The molecule has 1 aliphatic carbocycles. The molecule has 0 heteroatoms. The van der Waals surface area contributed by atoms with Gasteiger partial charge in [0.2, 0.25) is 0 Å². The van der Waals surface area contributed by atoms with Crippen LogP contribution in [0.5, 0.6) is 0 Å². The van der Waals surface area contributed by atoms with Crippen LogP contribution in [0.2, 0.25) is 0 Å². The summed E-state index contributed by atoms with van der Waals surface area (Å²) in [5, 5.41) is 0. The SMILES string of the molecule is CCc1ccccc1C1CCCc2ccccc21. The van der Waals surface area contributed by atoms with Gasteiger partial charge in [0, 0.05) is 5.92 Å². The van der Waals surface area contributed by atoms with E-state index in [0.717, 1.165) is 6.42 Å². The molecule has 92 valence electrons. The van der Waals surface area contributed by atoms with Gasteiger partial charge in [-0.3, -0.25) is 0 Å². The summed E-state index contributed by atoms with van der Waals surface area (Å²) in [5.74, 6) is 0.617. The summed E-state index contributed by atoms with van der Waals surface area (Å²) in [4.78, 5) is 0. The number of fused-ring (bicyclic) bond motifs is 1. The van der Waals surface area contributed by atoms with E-state index in [-0.39, 0.29) is 0 Å². The molecule has 0 nitrogen and oxygen atoms in total. The van der Waals surface area contributed by atoms with Crippen LogP contribution in [0.4, 0.5) is 0 Å². The normalized spacial score (nSPS) is 18.4. The second-order valence-corrected chi connectivity index (χ2v) is 5.20. The molecule has 2 aromatic rings. The van der Waals surface area contributed by atoms with E-state index in [1.807, 2.05) is 0 Å². The second-order valence-electron chi connectivity index (χ2n) is 5.20. The number of benzene rings is 2. The maximum absolute atomic E-state index is 2.33. The molecule has 0 amide bonds. The summed E-state index contributed by atoms with van der Waals surface area (Å²) in [6.45, 7) is 2.26. The van der Waals surface area contributed by atoms with Crippen LogP contribution < -0.4 is 0 Å². The summed E-state index contributed by atoms with van der Waals surface area (Å²) < 4.78 is 0. The van der Waals surface area contributed by atoms with Gasteiger partial charge in [-0.25, -0.2) is 0 Å². The van der Waals surface area contributed by atoms with Crippen molar-refractivity contribution in [2.45, 2.75) is 38.5 Å². The van der Waals surface area contributed by atoms with Crippen molar-refractivity contribution in [1.82, 2.24) is 0 Å². The highest BCUT2D eigenvalue weighted by molar-refractivity contribution is 5.43. The fourth-order valence-electron chi connectivity index (χ4n) is 3.27. The lowest BCUT2D eigenvalue weighted by Crippen LogP contribution is -2.12. The lowest BCUT2D eigenvalue weighted by molar-refractivity contribution is 0.612. The molecule has 0 heterocycles. The third-order valence-electron chi connectivity index (χ3n) is 4.18. The van der Waals surface area contributed by atoms with Crippen LogP contribution in [0.25, 0.3) is 0 Å².